The molecule has 1 aliphatic heterocycles. The standard InChI is InChI=1S/C29H33N5O6S/c1-21(35)34(33-18-17-32(20-28(33)36)41(38,39)26-15-9-23(30)10-16-26)27(19-22-7-5-4-6-8-22)29(37)31(2)24-11-13-25(40-3)14-12-24/h4-16,27H,17-20,30H2,1-3H3/t27-/m0/s1. The summed E-state index contributed by atoms with van der Waals surface area (Å²) in [7, 11) is -0.840. The first-order valence-electron chi connectivity index (χ1n) is 12.9. The maximum absolute atomic E-state index is 14.0. The van der Waals surface area contributed by atoms with Gasteiger partial charge in [0.25, 0.3) is 11.8 Å². The Labute approximate surface area is 239 Å². The lowest BCUT2D eigenvalue weighted by Crippen LogP contribution is -2.64. The fourth-order valence-corrected chi connectivity index (χ4v) is 6.08. The SMILES string of the molecule is COc1ccc(N(C)C(=O)[C@H](Cc2ccccc2)N(C(C)=O)N2CCN(S(=O)(=O)c3ccc(N)cc3)CC2=O)cc1. The Kier molecular flexibility index (Phi) is 8.94. The number of rotatable bonds is 9. The van der Waals surface area contributed by atoms with Gasteiger partial charge in [0.1, 0.15) is 11.8 Å². The van der Waals surface area contributed by atoms with Crippen LogP contribution in [0.3, 0.4) is 0 Å². The molecule has 0 aromatic heterocycles. The van der Waals surface area contributed by atoms with Crippen molar-refractivity contribution < 1.29 is 27.5 Å². The molecule has 1 fully saturated rings. The smallest absolute Gasteiger partial charge is 0.256 e. The molecule has 0 spiro atoms. The van der Waals surface area contributed by atoms with E-state index in [0.29, 0.717) is 17.1 Å². The van der Waals surface area contributed by atoms with E-state index in [4.69, 9.17) is 10.5 Å². The molecule has 0 bridgehead atoms. The van der Waals surface area contributed by atoms with Gasteiger partial charge < -0.3 is 15.4 Å². The van der Waals surface area contributed by atoms with E-state index in [1.165, 1.54) is 41.1 Å². The van der Waals surface area contributed by atoms with Crippen LogP contribution in [0.4, 0.5) is 11.4 Å². The molecule has 216 valence electrons. The molecular weight excluding hydrogens is 546 g/mol. The molecule has 0 saturated carbocycles. The second-order valence-corrected chi connectivity index (χ2v) is 11.5. The van der Waals surface area contributed by atoms with Gasteiger partial charge in [0.05, 0.1) is 25.1 Å². The molecule has 3 aromatic carbocycles. The molecular formula is C29H33N5O6S. The van der Waals surface area contributed by atoms with Crippen molar-refractivity contribution in [2.75, 3.05) is 44.4 Å². The zero-order valence-electron chi connectivity index (χ0n) is 23.1. The largest absolute Gasteiger partial charge is 0.497 e. The molecule has 2 N–H and O–H groups in total. The number of anilines is 2. The first-order valence-corrected chi connectivity index (χ1v) is 14.4. The van der Waals surface area contributed by atoms with Gasteiger partial charge in [-0.05, 0) is 54.1 Å². The molecule has 3 aromatic rings. The molecule has 0 aliphatic carbocycles. The topological polar surface area (TPSA) is 134 Å². The van der Waals surface area contributed by atoms with Crippen LogP contribution in [-0.2, 0) is 30.8 Å². The van der Waals surface area contributed by atoms with Gasteiger partial charge in [0.15, 0.2) is 0 Å². The van der Waals surface area contributed by atoms with Crippen LogP contribution in [0.5, 0.6) is 5.75 Å². The minimum atomic E-state index is -3.98. The Morgan fingerprint density at radius 2 is 1.61 bits per heavy atom. The van der Waals surface area contributed by atoms with E-state index in [-0.39, 0.29) is 24.4 Å². The Morgan fingerprint density at radius 3 is 2.17 bits per heavy atom. The summed E-state index contributed by atoms with van der Waals surface area (Å²) in [5, 5.41) is 2.34. The van der Waals surface area contributed by atoms with Crippen molar-refractivity contribution in [1.82, 2.24) is 14.3 Å². The molecule has 1 aliphatic rings. The van der Waals surface area contributed by atoms with Crippen molar-refractivity contribution in [2.24, 2.45) is 0 Å². The summed E-state index contributed by atoms with van der Waals surface area (Å²) in [6.45, 7) is 0.612. The molecule has 11 nitrogen and oxygen atoms in total. The van der Waals surface area contributed by atoms with E-state index in [1.807, 2.05) is 30.3 Å². The molecule has 1 heterocycles. The number of hydrazine groups is 1. The van der Waals surface area contributed by atoms with Crippen LogP contribution in [0, 0.1) is 0 Å². The molecule has 0 unspecified atom stereocenters. The number of likely N-dealkylation sites (N-methyl/N-ethyl adjacent to an activating group) is 1. The number of carbonyl (C=O) groups excluding carboxylic acids is 3. The normalized spacial score (nSPS) is 14.8. The van der Waals surface area contributed by atoms with E-state index in [2.05, 4.69) is 0 Å². The van der Waals surface area contributed by atoms with Gasteiger partial charge in [-0.15, -0.1) is 0 Å². The summed E-state index contributed by atoms with van der Waals surface area (Å²) in [6, 6.07) is 20.7. The number of amides is 3. The monoisotopic (exact) mass is 579 g/mol. The van der Waals surface area contributed by atoms with Gasteiger partial charge in [0, 0.05) is 38.3 Å². The van der Waals surface area contributed by atoms with Gasteiger partial charge in [-0.25, -0.2) is 18.4 Å². The summed E-state index contributed by atoms with van der Waals surface area (Å²) >= 11 is 0. The summed E-state index contributed by atoms with van der Waals surface area (Å²) in [4.78, 5) is 42.0. The fraction of sp³-hybridized carbons (Fsp3) is 0.276. The third kappa shape index (κ3) is 6.50. The highest BCUT2D eigenvalue weighted by molar-refractivity contribution is 7.89. The Bertz CT molecular complexity index is 1500. The molecule has 3 amide bonds. The molecule has 41 heavy (non-hydrogen) atoms. The van der Waals surface area contributed by atoms with Crippen LogP contribution in [0.2, 0.25) is 0 Å². The number of sulfonamides is 1. The molecule has 12 heteroatoms. The number of methoxy groups -OCH3 is 1. The van der Waals surface area contributed by atoms with Gasteiger partial charge in [-0.2, -0.15) is 4.31 Å². The van der Waals surface area contributed by atoms with Crippen LogP contribution in [-0.4, -0.2) is 80.3 Å². The fourth-order valence-electron chi connectivity index (χ4n) is 4.69. The van der Waals surface area contributed by atoms with Crippen molar-refractivity contribution >= 4 is 39.1 Å². The van der Waals surface area contributed by atoms with Crippen LogP contribution >= 0.6 is 0 Å². The summed E-state index contributed by atoms with van der Waals surface area (Å²) in [6.07, 6.45) is 0.136. The summed E-state index contributed by atoms with van der Waals surface area (Å²) in [5.74, 6) is -0.939. The number of piperazine rings is 1. The third-order valence-corrected chi connectivity index (χ3v) is 8.76. The number of hydrogen-bond donors (Lipinski definition) is 1. The van der Waals surface area contributed by atoms with Gasteiger partial charge in [0.2, 0.25) is 15.9 Å². The van der Waals surface area contributed by atoms with E-state index in [0.717, 1.165) is 14.9 Å². The number of nitrogens with zero attached hydrogens (tertiary/aromatic N) is 4. The predicted molar refractivity (Wildman–Crippen MR) is 154 cm³/mol. The Morgan fingerprint density at radius 1 is 0.976 bits per heavy atom. The average molecular weight is 580 g/mol. The lowest BCUT2D eigenvalue weighted by molar-refractivity contribution is -0.173. The lowest BCUT2D eigenvalue weighted by atomic mass is 10.0. The second kappa shape index (κ2) is 12.4. The second-order valence-electron chi connectivity index (χ2n) is 9.59. The highest BCUT2D eigenvalue weighted by Gasteiger charge is 2.41. The highest BCUT2D eigenvalue weighted by atomic mass is 32.2. The van der Waals surface area contributed by atoms with Crippen molar-refractivity contribution in [1.29, 1.82) is 0 Å². The first-order chi connectivity index (χ1) is 19.5. The van der Waals surface area contributed by atoms with Gasteiger partial charge in [-0.1, -0.05) is 30.3 Å². The zero-order chi connectivity index (χ0) is 29.7. The number of nitrogen functional groups attached to an aromatic ring is 1. The van der Waals surface area contributed by atoms with E-state index in [1.54, 1.807) is 38.4 Å². The van der Waals surface area contributed by atoms with E-state index < -0.39 is 40.3 Å². The number of benzene rings is 3. The van der Waals surface area contributed by atoms with Gasteiger partial charge >= 0.3 is 0 Å². The van der Waals surface area contributed by atoms with E-state index in [9.17, 15) is 22.8 Å². The minimum absolute atomic E-state index is 0.00891. The lowest BCUT2D eigenvalue weighted by Gasteiger charge is -2.43. The molecule has 4 rings (SSSR count). The minimum Gasteiger partial charge on any atom is -0.497 e. The maximum Gasteiger partial charge on any atom is 0.256 e. The number of hydrogen-bond acceptors (Lipinski definition) is 7. The van der Waals surface area contributed by atoms with Gasteiger partial charge in [-0.3, -0.25) is 14.4 Å². The predicted octanol–water partition coefficient (Wildman–Crippen LogP) is 2.15. The number of ether oxygens (including phenoxy) is 1. The first kappa shape index (κ1) is 29.6. The van der Waals surface area contributed by atoms with Crippen LogP contribution < -0.4 is 15.4 Å². The maximum atomic E-state index is 14.0. The van der Waals surface area contributed by atoms with Crippen molar-refractivity contribution in [2.45, 2.75) is 24.3 Å². The Hall–Kier alpha value is -4.42. The van der Waals surface area contributed by atoms with Crippen molar-refractivity contribution in [3.05, 3.63) is 84.4 Å². The highest BCUT2D eigenvalue weighted by Crippen LogP contribution is 2.24. The molecule has 0 radical (unpaired) electrons. The average Bonchev–Trinajstić information content (AvgIpc) is 2.97. The summed E-state index contributed by atoms with van der Waals surface area (Å²) < 4.78 is 32.7. The van der Waals surface area contributed by atoms with Crippen LogP contribution in [0.25, 0.3) is 0 Å². The van der Waals surface area contributed by atoms with E-state index >= 15 is 0 Å². The number of nitrogens with two attached hydrogens (primary N) is 1. The van der Waals surface area contributed by atoms with Crippen LogP contribution in [0.1, 0.15) is 12.5 Å². The zero-order valence-corrected chi connectivity index (χ0v) is 24.0. The van der Waals surface area contributed by atoms with Crippen molar-refractivity contribution in [3.8, 4) is 5.75 Å². The number of carbonyl (C=O) groups is 3. The van der Waals surface area contributed by atoms with Crippen LogP contribution in [0.15, 0.2) is 83.8 Å². The molecule has 1 saturated heterocycles. The Balaban J connectivity index is 1.63. The third-order valence-electron chi connectivity index (χ3n) is 6.90. The van der Waals surface area contributed by atoms with Crippen molar-refractivity contribution in [3.63, 3.8) is 0 Å². The quantitative estimate of drug-likeness (QED) is 0.384. The summed E-state index contributed by atoms with van der Waals surface area (Å²) in [5.41, 5.74) is 7.46. The molecule has 1 atom stereocenters.